The Hall–Kier alpha value is -0.450. The molecule has 0 spiro atoms. The topological polar surface area (TPSA) is 21.3 Å². The molecule has 90 valence electrons. The maximum absolute atomic E-state index is 13.1. The normalized spacial score (nSPS) is 12.8. The summed E-state index contributed by atoms with van der Waals surface area (Å²) in [6.07, 6.45) is 0. The van der Waals surface area contributed by atoms with Crippen LogP contribution in [0.3, 0.4) is 0 Å². The Morgan fingerprint density at radius 1 is 1.44 bits per heavy atom. The van der Waals surface area contributed by atoms with Crippen LogP contribution in [0.2, 0.25) is 0 Å². The summed E-state index contributed by atoms with van der Waals surface area (Å²) < 4.78 is 19.0. The van der Waals surface area contributed by atoms with Gasteiger partial charge in [0.15, 0.2) is 0 Å². The smallest absolute Gasteiger partial charge is 0.137 e. The van der Waals surface area contributed by atoms with Gasteiger partial charge >= 0.3 is 0 Å². The van der Waals surface area contributed by atoms with Crippen molar-refractivity contribution in [1.29, 1.82) is 0 Å². The van der Waals surface area contributed by atoms with Crippen LogP contribution >= 0.6 is 15.9 Å². The summed E-state index contributed by atoms with van der Waals surface area (Å²) in [5.41, 5.74) is 1.03. The van der Waals surface area contributed by atoms with E-state index < -0.39 is 0 Å². The summed E-state index contributed by atoms with van der Waals surface area (Å²) >= 11 is 3.19. The van der Waals surface area contributed by atoms with E-state index in [0.717, 1.165) is 12.1 Å². The maximum Gasteiger partial charge on any atom is 0.137 e. The summed E-state index contributed by atoms with van der Waals surface area (Å²) in [5.74, 6) is -0.240. The van der Waals surface area contributed by atoms with Gasteiger partial charge in [0.1, 0.15) is 5.82 Å². The molecule has 0 amide bonds. The number of rotatable bonds is 6. The van der Waals surface area contributed by atoms with Crippen LogP contribution in [0.1, 0.15) is 25.5 Å². The van der Waals surface area contributed by atoms with Crippen molar-refractivity contribution in [1.82, 2.24) is 5.32 Å². The molecular weight excluding hydrogens is 273 g/mol. The molecular formula is C12H17BrFNO. The minimum Gasteiger partial charge on any atom is -0.380 e. The van der Waals surface area contributed by atoms with E-state index in [-0.39, 0.29) is 11.9 Å². The predicted molar refractivity (Wildman–Crippen MR) is 67.0 cm³/mol. The molecule has 0 aromatic heterocycles. The first-order valence-corrected chi connectivity index (χ1v) is 6.24. The van der Waals surface area contributed by atoms with Crippen LogP contribution in [0.4, 0.5) is 4.39 Å². The van der Waals surface area contributed by atoms with Crippen molar-refractivity contribution in [2.45, 2.75) is 19.9 Å². The van der Waals surface area contributed by atoms with Crippen LogP contribution in [-0.2, 0) is 4.74 Å². The molecule has 4 heteroatoms. The molecule has 0 saturated heterocycles. The van der Waals surface area contributed by atoms with Crippen molar-refractivity contribution in [2.75, 3.05) is 19.8 Å². The molecule has 0 fully saturated rings. The molecule has 0 aliphatic heterocycles. The van der Waals surface area contributed by atoms with Gasteiger partial charge < -0.3 is 10.1 Å². The molecule has 1 aromatic rings. The lowest BCUT2D eigenvalue weighted by molar-refractivity contribution is 0.123. The molecule has 0 aliphatic rings. The zero-order chi connectivity index (χ0) is 12.0. The molecule has 0 saturated carbocycles. The SMILES string of the molecule is CCNC(COCC)c1ccc(F)c(Br)c1. The third-order valence-corrected chi connectivity index (χ3v) is 2.89. The van der Waals surface area contributed by atoms with Gasteiger partial charge in [0.25, 0.3) is 0 Å². The van der Waals surface area contributed by atoms with E-state index in [0.29, 0.717) is 17.7 Å². The van der Waals surface area contributed by atoms with Gasteiger partial charge in [-0.2, -0.15) is 0 Å². The van der Waals surface area contributed by atoms with E-state index in [4.69, 9.17) is 4.74 Å². The van der Waals surface area contributed by atoms with E-state index in [9.17, 15) is 4.39 Å². The Kier molecular flexibility index (Phi) is 5.95. The zero-order valence-electron chi connectivity index (χ0n) is 9.59. The van der Waals surface area contributed by atoms with Crippen LogP contribution in [0.5, 0.6) is 0 Å². The first kappa shape index (κ1) is 13.6. The fraction of sp³-hybridized carbons (Fsp3) is 0.500. The van der Waals surface area contributed by atoms with Crippen LogP contribution < -0.4 is 5.32 Å². The Bertz CT molecular complexity index is 333. The first-order chi connectivity index (χ1) is 7.69. The fourth-order valence-electron chi connectivity index (χ4n) is 1.48. The second-order valence-electron chi connectivity index (χ2n) is 3.44. The highest BCUT2D eigenvalue weighted by Crippen LogP contribution is 2.21. The molecule has 1 rings (SSSR count). The van der Waals surface area contributed by atoms with Gasteiger partial charge in [0.05, 0.1) is 17.1 Å². The maximum atomic E-state index is 13.1. The molecule has 0 bridgehead atoms. The zero-order valence-corrected chi connectivity index (χ0v) is 11.2. The number of halogens is 2. The number of nitrogens with one attached hydrogen (secondary N) is 1. The summed E-state index contributed by atoms with van der Waals surface area (Å²) in [5, 5.41) is 3.31. The molecule has 1 N–H and O–H groups in total. The lowest BCUT2D eigenvalue weighted by Crippen LogP contribution is -2.25. The summed E-state index contributed by atoms with van der Waals surface area (Å²) in [4.78, 5) is 0. The van der Waals surface area contributed by atoms with Gasteiger partial charge in [-0.3, -0.25) is 0 Å². The Balaban J connectivity index is 2.78. The lowest BCUT2D eigenvalue weighted by atomic mass is 10.1. The third-order valence-electron chi connectivity index (χ3n) is 2.29. The van der Waals surface area contributed by atoms with Crippen molar-refractivity contribution < 1.29 is 9.13 Å². The van der Waals surface area contributed by atoms with Crippen molar-refractivity contribution in [2.24, 2.45) is 0 Å². The largest absolute Gasteiger partial charge is 0.380 e. The van der Waals surface area contributed by atoms with E-state index >= 15 is 0 Å². The number of hydrogen-bond acceptors (Lipinski definition) is 2. The van der Waals surface area contributed by atoms with Gasteiger partial charge in [-0.15, -0.1) is 0 Å². The molecule has 0 aliphatic carbocycles. The number of hydrogen-bond donors (Lipinski definition) is 1. The highest BCUT2D eigenvalue weighted by molar-refractivity contribution is 9.10. The Labute approximate surface area is 104 Å². The first-order valence-electron chi connectivity index (χ1n) is 5.45. The quantitative estimate of drug-likeness (QED) is 0.868. The van der Waals surface area contributed by atoms with Gasteiger partial charge in [0.2, 0.25) is 0 Å². The number of ether oxygens (including phenoxy) is 1. The van der Waals surface area contributed by atoms with Crippen molar-refractivity contribution in [3.05, 3.63) is 34.1 Å². The van der Waals surface area contributed by atoms with E-state index in [1.165, 1.54) is 6.07 Å². The fourth-order valence-corrected chi connectivity index (χ4v) is 1.88. The van der Waals surface area contributed by atoms with Gasteiger partial charge in [0, 0.05) is 6.61 Å². The minimum atomic E-state index is -0.240. The van der Waals surface area contributed by atoms with Gasteiger partial charge in [-0.1, -0.05) is 13.0 Å². The number of likely N-dealkylation sites (N-methyl/N-ethyl adjacent to an activating group) is 1. The molecule has 0 heterocycles. The minimum absolute atomic E-state index is 0.113. The summed E-state index contributed by atoms with van der Waals surface area (Å²) in [6, 6.07) is 5.16. The van der Waals surface area contributed by atoms with Crippen molar-refractivity contribution in [3.63, 3.8) is 0 Å². The Morgan fingerprint density at radius 3 is 2.75 bits per heavy atom. The molecule has 1 unspecified atom stereocenters. The van der Waals surface area contributed by atoms with E-state index in [1.54, 1.807) is 12.1 Å². The monoisotopic (exact) mass is 289 g/mol. The van der Waals surface area contributed by atoms with Crippen molar-refractivity contribution in [3.8, 4) is 0 Å². The van der Waals surface area contributed by atoms with Gasteiger partial charge in [-0.05, 0) is 47.1 Å². The molecule has 2 nitrogen and oxygen atoms in total. The molecule has 16 heavy (non-hydrogen) atoms. The van der Waals surface area contributed by atoms with Crippen LogP contribution in [0.25, 0.3) is 0 Å². The molecule has 1 atom stereocenters. The van der Waals surface area contributed by atoms with Crippen molar-refractivity contribution >= 4 is 15.9 Å². The summed E-state index contributed by atoms with van der Waals surface area (Å²) in [6.45, 7) is 6.14. The average Bonchev–Trinajstić information content (AvgIpc) is 2.28. The average molecular weight is 290 g/mol. The lowest BCUT2D eigenvalue weighted by Gasteiger charge is -2.18. The predicted octanol–water partition coefficient (Wildman–Crippen LogP) is 3.28. The third kappa shape index (κ3) is 3.85. The summed E-state index contributed by atoms with van der Waals surface area (Å²) in [7, 11) is 0. The Morgan fingerprint density at radius 2 is 2.19 bits per heavy atom. The van der Waals surface area contributed by atoms with Crippen LogP contribution in [0.15, 0.2) is 22.7 Å². The van der Waals surface area contributed by atoms with Crippen LogP contribution in [0, 0.1) is 5.82 Å². The van der Waals surface area contributed by atoms with Gasteiger partial charge in [-0.25, -0.2) is 4.39 Å². The van der Waals surface area contributed by atoms with Crippen LogP contribution in [-0.4, -0.2) is 19.8 Å². The second kappa shape index (κ2) is 6.99. The molecule has 0 radical (unpaired) electrons. The van der Waals surface area contributed by atoms with E-state index in [2.05, 4.69) is 21.2 Å². The standard InChI is InChI=1S/C12H17BrFNO/c1-3-15-12(8-16-4-2)9-5-6-11(14)10(13)7-9/h5-7,12,15H,3-4,8H2,1-2H3. The number of benzene rings is 1. The molecule has 1 aromatic carbocycles. The van der Waals surface area contributed by atoms with E-state index in [1.807, 2.05) is 13.8 Å². The highest BCUT2D eigenvalue weighted by atomic mass is 79.9. The second-order valence-corrected chi connectivity index (χ2v) is 4.30. The highest BCUT2D eigenvalue weighted by Gasteiger charge is 2.11.